The second kappa shape index (κ2) is 6.74. The molecule has 7 heteroatoms. The van der Waals surface area contributed by atoms with Gasteiger partial charge in [-0.05, 0) is 31.4 Å². The first-order valence-electron chi connectivity index (χ1n) is 6.67. The van der Waals surface area contributed by atoms with E-state index in [9.17, 15) is 10.1 Å². The molecule has 0 bridgehead atoms. The summed E-state index contributed by atoms with van der Waals surface area (Å²) in [5.41, 5.74) is 2.75. The zero-order valence-electron chi connectivity index (χ0n) is 12.0. The third kappa shape index (κ3) is 3.71. The number of nitrogens with zero attached hydrogens (tertiary/aromatic N) is 2. The lowest BCUT2D eigenvalue weighted by Crippen LogP contribution is -2.06. The van der Waals surface area contributed by atoms with Crippen LogP contribution in [0.4, 0.5) is 11.4 Å². The van der Waals surface area contributed by atoms with Crippen molar-refractivity contribution in [1.29, 1.82) is 0 Å². The molecule has 0 amide bonds. The van der Waals surface area contributed by atoms with Gasteiger partial charge in [-0.25, -0.2) is 0 Å². The topological polar surface area (TPSA) is 93.1 Å². The van der Waals surface area contributed by atoms with Crippen molar-refractivity contribution in [3.05, 3.63) is 45.8 Å². The van der Waals surface area contributed by atoms with E-state index in [1.807, 2.05) is 13.1 Å². The number of hydrogen-bond acceptors (Lipinski definition) is 5. The van der Waals surface area contributed by atoms with Crippen LogP contribution in [0.5, 0.6) is 5.75 Å². The van der Waals surface area contributed by atoms with E-state index in [2.05, 4.69) is 15.5 Å². The quantitative estimate of drug-likeness (QED) is 0.464. The van der Waals surface area contributed by atoms with Crippen LogP contribution in [-0.2, 0) is 6.42 Å². The summed E-state index contributed by atoms with van der Waals surface area (Å²) in [6.07, 6.45) is 3.53. The molecule has 1 aromatic heterocycles. The van der Waals surface area contributed by atoms with Gasteiger partial charge in [-0.1, -0.05) is 0 Å². The summed E-state index contributed by atoms with van der Waals surface area (Å²) in [6.45, 7) is 2.61. The number of nitrogens with one attached hydrogen (secondary N) is 2. The minimum Gasteiger partial charge on any atom is -0.497 e. The normalized spacial score (nSPS) is 10.4. The third-order valence-corrected chi connectivity index (χ3v) is 3.27. The van der Waals surface area contributed by atoms with Crippen molar-refractivity contribution in [2.45, 2.75) is 19.8 Å². The zero-order valence-corrected chi connectivity index (χ0v) is 12.0. The van der Waals surface area contributed by atoms with Crippen molar-refractivity contribution in [3.63, 3.8) is 0 Å². The van der Waals surface area contributed by atoms with E-state index in [1.54, 1.807) is 12.1 Å². The Balaban J connectivity index is 1.95. The third-order valence-electron chi connectivity index (χ3n) is 3.27. The van der Waals surface area contributed by atoms with Crippen molar-refractivity contribution in [1.82, 2.24) is 10.2 Å². The lowest BCUT2D eigenvalue weighted by molar-refractivity contribution is -0.384. The van der Waals surface area contributed by atoms with Crippen molar-refractivity contribution >= 4 is 11.4 Å². The van der Waals surface area contributed by atoms with E-state index in [-0.39, 0.29) is 5.69 Å². The first-order chi connectivity index (χ1) is 10.1. The van der Waals surface area contributed by atoms with E-state index in [1.165, 1.54) is 13.2 Å². The lowest BCUT2D eigenvalue weighted by Gasteiger charge is -2.08. The summed E-state index contributed by atoms with van der Waals surface area (Å²) >= 11 is 0. The highest BCUT2D eigenvalue weighted by atomic mass is 16.6. The standard InChI is InChI=1S/C14H18N4O3/c1-10-11(9-16-17-10)4-3-7-15-13-8-12(21-2)5-6-14(13)18(19)20/h5-6,8-9,15H,3-4,7H2,1-2H3,(H,16,17). The van der Waals surface area contributed by atoms with Crippen molar-refractivity contribution in [2.24, 2.45) is 0 Å². The Labute approximate surface area is 122 Å². The lowest BCUT2D eigenvalue weighted by atomic mass is 10.1. The fraction of sp³-hybridized carbons (Fsp3) is 0.357. The zero-order chi connectivity index (χ0) is 15.2. The number of ether oxygens (including phenoxy) is 1. The Morgan fingerprint density at radius 3 is 2.90 bits per heavy atom. The number of aromatic nitrogens is 2. The average molecular weight is 290 g/mol. The fourth-order valence-electron chi connectivity index (χ4n) is 2.07. The molecule has 0 atom stereocenters. The molecule has 2 N–H and O–H groups in total. The maximum Gasteiger partial charge on any atom is 0.292 e. The largest absolute Gasteiger partial charge is 0.497 e. The first-order valence-corrected chi connectivity index (χ1v) is 6.67. The number of nitro benzene ring substituents is 1. The number of aromatic amines is 1. The Morgan fingerprint density at radius 2 is 2.29 bits per heavy atom. The minimum atomic E-state index is -0.401. The molecule has 0 saturated carbocycles. The van der Waals surface area contributed by atoms with Gasteiger partial charge < -0.3 is 10.1 Å². The van der Waals surface area contributed by atoms with Crippen LogP contribution in [0.2, 0.25) is 0 Å². The molecule has 112 valence electrons. The number of nitro groups is 1. The number of hydrogen-bond donors (Lipinski definition) is 2. The van der Waals surface area contributed by atoms with Crippen molar-refractivity contribution < 1.29 is 9.66 Å². The van der Waals surface area contributed by atoms with Crippen LogP contribution >= 0.6 is 0 Å². The smallest absolute Gasteiger partial charge is 0.292 e. The van der Waals surface area contributed by atoms with E-state index in [0.717, 1.165) is 24.1 Å². The Morgan fingerprint density at radius 1 is 1.48 bits per heavy atom. The number of aryl methyl sites for hydroxylation is 2. The average Bonchev–Trinajstić information content (AvgIpc) is 2.88. The van der Waals surface area contributed by atoms with Crippen LogP contribution in [0, 0.1) is 17.0 Å². The summed E-state index contributed by atoms with van der Waals surface area (Å²) in [6, 6.07) is 4.67. The molecular weight excluding hydrogens is 272 g/mol. The minimum absolute atomic E-state index is 0.0512. The molecule has 2 rings (SSSR count). The molecule has 1 heterocycles. The predicted molar refractivity (Wildman–Crippen MR) is 79.8 cm³/mol. The molecule has 0 fully saturated rings. The van der Waals surface area contributed by atoms with Crippen molar-refractivity contribution in [2.75, 3.05) is 19.0 Å². The van der Waals surface area contributed by atoms with E-state index < -0.39 is 4.92 Å². The molecule has 0 aliphatic heterocycles. The van der Waals surface area contributed by atoms with Crippen molar-refractivity contribution in [3.8, 4) is 5.75 Å². The van der Waals surface area contributed by atoms with Crippen LogP contribution in [0.3, 0.4) is 0 Å². The molecule has 2 aromatic rings. The van der Waals surface area contributed by atoms with Crippen LogP contribution in [0.25, 0.3) is 0 Å². The van der Waals surface area contributed by atoms with Gasteiger partial charge in [-0.2, -0.15) is 5.10 Å². The molecule has 1 aromatic carbocycles. The van der Waals surface area contributed by atoms with Gasteiger partial charge in [0.15, 0.2) is 0 Å². The molecule has 0 radical (unpaired) electrons. The van der Waals surface area contributed by atoms with Crippen LogP contribution < -0.4 is 10.1 Å². The molecular formula is C14H18N4O3. The molecule has 21 heavy (non-hydrogen) atoms. The highest BCUT2D eigenvalue weighted by molar-refractivity contribution is 5.64. The molecule has 0 unspecified atom stereocenters. The van der Waals surface area contributed by atoms with Crippen LogP contribution in [0.15, 0.2) is 24.4 Å². The molecule has 0 aliphatic carbocycles. The van der Waals surface area contributed by atoms with E-state index >= 15 is 0 Å². The SMILES string of the molecule is COc1ccc([N+](=O)[O-])c(NCCCc2cn[nH]c2C)c1. The highest BCUT2D eigenvalue weighted by Gasteiger charge is 2.14. The van der Waals surface area contributed by atoms with Crippen LogP contribution in [-0.4, -0.2) is 28.8 Å². The fourth-order valence-corrected chi connectivity index (χ4v) is 2.07. The van der Waals surface area contributed by atoms with Crippen LogP contribution in [0.1, 0.15) is 17.7 Å². The Kier molecular flexibility index (Phi) is 4.76. The van der Waals surface area contributed by atoms with Gasteiger partial charge in [0, 0.05) is 24.4 Å². The summed E-state index contributed by atoms with van der Waals surface area (Å²) < 4.78 is 5.10. The number of anilines is 1. The molecule has 0 spiro atoms. The number of H-pyrrole nitrogens is 1. The number of rotatable bonds is 7. The summed E-state index contributed by atoms with van der Waals surface area (Å²) in [5.74, 6) is 0.591. The van der Waals surface area contributed by atoms with E-state index in [4.69, 9.17) is 4.74 Å². The second-order valence-corrected chi connectivity index (χ2v) is 4.69. The monoisotopic (exact) mass is 290 g/mol. The second-order valence-electron chi connectivity index (χ2n) is 4.69. The summed E-state index contributed by atoms with van der Waals surface area (Å²) in [5, 5.41) is 21.0. The number of benzene rings is 1. The maximum atomic E-state index is 11.0. The summed E-state index contributed by atoms with van der Waals surface area (Å²) in [7, 11) is 1.53. The number of methoxy groups -OCH3 is 1. The molecule has 7 nitrogen and oxygen atoms in total. The van der Waals surface area contributed by atoms with Gasteiger partial charge in [0.1, 0.15) is 11.4 Å². The highest BCUT2D eigenvalue weighted by Crippen LogP contribution is 2.28. The predicted octanol–water partition coefficient (Wildman–Crippen LogP) is 2.68. The Hall–Kier alpha value is -2.57. The molecule has 0 saturated heterocycles. The van der Waals surface area contributed by atoms with Gasteiger partial charge in [-0.3, -0.25) is 15.2 Å². The molecule has 0 aliphatic rings. The van der Waals surface area contributed by atoms with Gasteiger partial charge in [0.2, 0.25) is 0 Å². The first kappa shape index (κ1) is 14.8. The Bertz CT molecular complexity index is 624. The van der Waals surface area contributed by atoms with E-state index in [0.29, 0.717) is 18.0 Å². The van der Waals surface area contributed by atoms with Gasteiger partial charge in [0.05, 0.1) is 18.2 Å². The maximum absolute atomic E-state index is 11.0. The van der Waals surface area contributed by atoms with Gasteiger partial charge in [0.25, 0.3) is 5.69 Å². The van der Waals surface area contributed by atoms with Gasteiger partial charge >= 0.3 is 0 Å². The summed E-state index contributed by atoms with van der Waals surface area (Å²) in [4.78, 5) is 10.6. The van der Waals surface area contributed by atoms with Gasteiger partial charge in [-0.15, -0.1) is 0 Å².